The number of carboxylic acid groups (broad SMARTS) is 2. The number of oxazole rings is 1. The summed E-state index contributed by atoms with van der Waals surface area (Å²) in [5, 5.41) is 15.7. The zero-order valence-corrected chi connectivity index (χ0v) is 6.51. The maximum absolute atomic E-state index is 9.91. The average Bonchev–Trinajstić information content (AvgIpc) is 2.57. The van der Waals surface area contributed by atoms with Crippen LogP contribution in [0.3, 0.4) is 0 Å². The summed E-state index contributed by atoms with van der Waals surface area (Å²) in [6.45, 7) is -0.278. The van der Waals surface area contributed by atoms with Crippen LogP contribution in [0.5, 0.6) is 0 Å². The minimum Gasteiger partial charge on any atom is -0.480 e. The third-order valence-electron chi connectivity index (χ3n) is 0.790. The van der Waals surface area contributed by atoms with Crippen molar-refractivity contribution in [2.24, 2.45) is 5.73 Å². The van der Waals surface area contributed by atoms with Crippen molar-refractivity contribution in [3.8, 4) is 0 Å². The van der Waals surface area contributed by atoms with E-state index in [2.05, 4.69) is 15.1 Å². The van der Waals surface area contributed by atoms with Crippen LogP contribution in [-0.2, 0) is 4.79 Å². The van der Waals surface area contributed by atoms with Crippen LogP contribution < -0.4 is 5.73 Å². The Labute approximate surface area is 72.8 Å². The van der Waals surface area contributed by atoms with Gasteiger partial charge in [-0.1, -0.05) is 0 Å². The van der Waals surface area contributed by atoms with Gasteiger partial charge in [-0.25, -0.2) is 9.78 Å². The molecule has 72 valence electrons. The van der Waals surface area contributed by atoms with E-state index in [1.807, 2.05) is 0 Å². The SMILES string of the molecule is NCC(=O)O.O=C(O)c1ncco1. The van der Waals surface area contributed by atoms with Gasteiger partial charge in [0.2, 0.25) is 0 Å². The Bertz CT molecular complexity index is 269. The molecule has 1 aromatic rings. The topological polar surface area (TPSA) is 127 Å². The van der Waals surface area contributed by atoms with Crippen LogP contribution in [0.25, 0.3) is 0 Å². The molecule has 0 aliphatic rings. The highest BCUT2D eigenvalue weighted by Crippen LogP contribution is 1.91. The summed E-state index contributed by atoms with van der Waals surface area (Å²) in [6.07, 6.45) is 2.49. The van der Waals surface area contributed by atoms with Crippen molar-refractivity contribution < 1.29 is 24.2 Å². The van der Waals surface area contributed by atoms with Crippen molar-refractivity contribution in [1.29, 1.82) is 0 Å². The molecule has 0 bridgehead atoms. The summed E-state index contributed by atoms with van der Waals surface area (Å²) < 4.78 is 4.38. The molecule has 0 aromatic carbocycles. The van der Waals surface area contributed by atoms with Gasteiger partial charge in [0, 0.05) is 0 Å². The predicted molar refractivity (Wildman–Crippen MR) is 40.2 cm³/mol. The standard InChI is InChI=1S/C4H3NO3.C2H5NO2/c6-4(7)3-5-1-2-8-3;3-1-2(4)5/h1-2H,(H,6,7);1,3H2,(H,4,5). The molecule has 0 aliphatic heterocycles. The molecule has 7 nitrogen and oxygen atoms in total. The minimum atomic E-state index is -1.14. The Morgan fingerprint density at radius 1 is 1.54 bits per heavy atom. The van der Waals surface area contributed by atoms with Crippen LogP contribution in [0.4, 0.5) is 0 Å². The Hall–Kier alpha value is -1.89. The van der Waals surface area contributed by atoms with E-state index in [1.165, 1.54) is 12.5 Å². The monoisotopic (exact) mass is 188 g/mol. The van der Waals surface area contributed by atoms with Gasteiger partial charge in [-0.05, 0) is 0 Å². The first-order valence-electron chi connectivity index (χ1n) is 3.12. The van der Waals surface area contributed by atoms with E-state index in [0.717, 1.165) is 0 Å². The summed E-state index contributed by atoms with van der Waals surface area (Å²) in [4.78, 5) is 22.5. The van der Waals surface area contributed by atoms with Crippen molar-refractivity contribution in [2.75, 3.05) is 6.54 Å². The molecule has 1 rings (SSSR count). The molecule has 0 radical (unpaired) electrons. The Balaban J connectivity index is 0.000000252. The second kappa shape index (κ2) is 5.72. The fraction of sp³-hybridized carbons (Fsp3) is 0.167. The molecule has 1 heterocycles. The fourth-order valence-corrected chi connectivity index (χ4v) is 0.329. The van der Waals surface area contributed by atoms with Crippen molar-refractivity contribution in [2.45, 2.75) is 0 Å². The van der Waals surface area contributed by atoms with E-state index in [4.69, 9.17) is 10.2 Å². The van der Waals surface area contributed by atoms with Gasteiger partial charge >= 0.3 is 17.8 Å². The molecule has 0 saturated heterocycles. The fourth-order valence-electron chi connectivity index (χ4n) is 0.329. The number of aromatic nitrogens is 1. The van der Waals surface area contributed by atoms with E-state index in [0.29, 0.717) is 0 Å². The third kappa shape index (κ3) is 5.39. The first-order chi connectivity index (χ1) is 6.07. The first-order valence-corrected chi connectivity index (χ1v) is 3.12. The smallest absolute Gasteiger partial charge is 0.392 e. The number of nitrogens with two attached hydrogens (primary N) is 1. The van der Waals surface area contributed by atoms with Gasteiger partial charge in [-0.15, -0.1) is 0 Å². The Kier molecular flexibility index (Phi) is 4.89. The summed E-state index contributed by atoms with van der Waals surface area (Å²) in [7, 11) is 0. The Morgan fingerprint density at radius 3 is 2.23 bits per heavy atom. The van der Waals surface area contributed by atoms with Crippen LogP contribution >= 0.6 is 0 Å². The molecule has 0 saturated carbocycles. The molecule has 0 aliphatic carbocycles. The lowest BCUT2D eigenvalue weighted by Gasteiger charge is -1.77. The number of carboxylic acids is 2. The molecule has 0 atom stereocenters. The highest BCUT2D eigenvalue weighted by molar-refractivity contribution is 5.81. The largest absolute Gasteiger partial charge is 0.480 e. The minimum absolute atomic E-state index is 0.273. The molecule has 13 heavy (non-hydrogen) atoms. The molecule has 0 unspecified atom stereocenters. The van der Waals surface area contributed by atoms with E-state index >= 15 is 0 Å². The predicted octanol–water partition coefficient (Wildman–Crippen LogP) is -0.597. The van der Waals surface area contributed by atoms with Crippen LogP contribution in [0, 0.1) is 0 Å². The molecule has 0 spiro atoms. The maximum Gasteiger partial charge on any atom is 0.392 e. The molecule has 1 aromatic heterocycles. The van der Waals surface area contributed by atoms with E-state index in [-0.39, 0.29) is 12.4 Å². The number of rotatable bonds is 2. The van der Waals surface area contributed by atoms with Crippen LogP contribution in [0.1, 0.15) is 10.7 Å². The number of hydrogen-bond acceptors (Lipinski definition) is 5. The molecule has 7 heteroatoms. The summed E-state index contributed by atoms with van der Waals surface area (Å²) >= 11 is 0. The zero-order chi connectivity index (χ0) is 10.3. The number of aromatic carboxylic acids is 1. The average molecular weight is 188 g/mol. The second-order valence-electron chi connectivity index (χ2n) is 1.74. The number of carbonyl (C=O) groups is 2. The van der Waals surface area contributed by atoms with Crippen molar-refractivity contribution >= 4 is 11.9 Å². The molecule has 4 N–H and O–H groups in total. The van der Waals surface area contributed by atoms with Crippen molar-refractivity contribution in [3.63, 3.8) is 0 Å². The summed E-state index contributed by atoms with van der Waals surface area (Å²) in [5.41, 5.74) is 4.57. The molecular formula is C6H8N2O5. The van der Waals surface area contributed by atoms with Crippen molar-refractivity contribution in [1.82, 2.24) is 4.98 Å². The highest BCUT2D eigenvalue weighted by atomic mass is 16.4. The van der Waals surface area contributed by atoms with E-state index in [9.17, 15) is 9.59 Å². The molecule has 0 amide bonds. The van der Waals surface area contributed by atoms with Crippen molar-refractivity contribution in [3.05, 3.63) is 18.4 Å². The van der Waals surface area contributed by atoms with Gasteiger partial charge in [-0.3, -0.25) is 4.79 Å². The van der Waals surface area contributed by atoms with E-state index < -0.39 is 11.9 Å². The van der Waals surface area contributed by atoms with Gasteiger partial charge in [0.15, 0.2) is 0 Å². The third-order valence-corrected chi connectivity index (χ3v) is 0.790. The lowest BCUT2D eigenvalue weighted by Crippen LogP contribution is -2.10. The van der Waals surface area contributed by atoms with Gasteiger partial charge in [-0.2, -0.15) is 0 Å². The normalized spacial score (nSPS) is 8.38. The molecule has 0 fully saturated rings. The number of hydrogen-bond donors (Lipinski definition) is 3. The summed E-state index contributed by atoms with van der Waals surface area (Å²) in [6, 6.07) is 0. The van der Waals surface area contributed by atoms with Crippen LogP contribution in [0.15, 0.2) is 16.9 Å². The van der Waals surface area contributed by atoms with Crippen LogP contribution in [-0.4, -0.2) is 33.7 Å². The van der Waals surface area contributed by atoms with Gasteiger partial charge in [0.05, 0.1) is 12.7 Å². The second-order valence-corrected chi connectivity index (χ2v) is 1.74. The molecular weight excluding hydrogens is 180 g/mol. The lowest BCUT2D eigenvalue weighted by atomic mass is 10.7. The Morgan fingerprint density at radius 2 is 2.08 bits per heavy atom. The highest BCUT2D eigenvalue weighted by Gasteiger charge is 2.04. The number of nitrogens with zero attached hydrogens (tertiary/aromatic N) is 1. The maximum atomic E-state index is 9.91. The first kappa shape index (κ1) is 11.1. The number of aliphatic carboxylic acids is 1. The van der Waals surface area contributed by atoms with E-state index in [1.54, 1.807) is 0 Å². The van der Waals surface area contributed by atoms with Gasteiger partial charge in [0.1, 0.15) is 6.26 Å². The lowest BCUT2D eigenvalue weighted by molar-refractivity contribution is -0.135. The van der Waals surface area contributed by atoms with Gasteiger partial charge < -0.3 is 20.4 Å². The van der Waals surface area contributed by atoms with Gasteiger partial charge in [0.25, 0.3) is 0 Å². The quantitative estimate of drug-likeness (QED) is 0.565. The summed E-state index contributed by atoms with van der Waals surface area (Å²) in [5.74, 6) is -2.38. The zero-order valence-electron chi connectivity index (χ0n) is 6.51. The van der Waals surface area contributed by atoms with Crippen LogP contribution in [0.2, 0.25) is 0 Å².